The molecule has 2 rings (SSSR count). The molecular formula is C14H17FN2O3. The van der Waals surface area contributed by atoms with Gasteiger partial charge in [-0.25, -0.2) is 4.39 Å². The van der Waals surface area contributed by atoms with Gasteiger partial charge in [0.2, 0.25) is 0 Å². The minimum Gasteiger partial charge on any atom is -0.469 e. The molecule has 20 heavy (non-hydrogen) atoms. The second kappa shape index (κ2) is 6.45. The zero-order valence-corrected chi connectivity index (χ0v) is 11.3. The highest BCUT2D eigenvalue weighted by atomic mass is 19.1. The summed E-state index contributed by atoms with van der Waals surface area (Å²) in [5.41, 5.74) is 0.210. The minimum atomic E-state index is -0.544. The van der Waals surface area contributed by atoms with Crippen molar-refractivity contribution in [1.82, 2.24) is 9.88 Å². The number of carbonyl (C=O) groups excluding carboxylic acids is 2. The number of piperidine rings is 1. The number of hydrogen-bond donors (Lipinski definition) is 0. The van der Waals surface area contributed by atoms with Crippen molar-refractivity contribution in [2.75, 3.05) is 13.7 Å². The van der Waals surface area contributed by atoms with E-state index in [1.807, 2.05) is 0 Å². The molecule has 1 unspecified atom stereocenters. The number of halogens is 1. The van der Waals surface area contributed by atoms with E-state index in [0.717, 1.165) is 25.5 Å². The van der Waals surface area contributed by atoms with Gasteiger partial charge in [0.25, 0.3) is 5.91 Å². The molecule has 0 bridgehead atoms. The van der Waals surface area contributed by atoms with Crippen LogP contribution in [0.2, 0.25) is 0 Å². The van der Waals surface area contributed by atoms with Crippen molar-refractivity contribution >= 4 is 11.9 Å². The Balaban J connectivity index is 2.15. The number of nitrogens with zero attached hydrogens (tertiary/aromatic N) is 2. The van der Waals surface area contributed by atoms with Crippen LogP contribution in [0.5, 0.6) is 0 Å². The van der Waals surface area contributed by atoms with Crippen LogP contribution in [0.1, 0.15) is 36.0 Å². The van der Waals surface area contributed by atoms with Crippen LogP contribution < -0.4 is 0 Å². The van der Waals surface area contributed by atoms with E-state index in [0.29, 0.717) is 6.54 Å². The normalized spacial score (nSPS) is 18.7. The number of carbonyl (C=O) groups is 2. The standard InChI is InChI=1S/C14H17FN2O3/c1-20-13(18)7-12-4-2-3-5-17(12)14(19)10-6-11(15)9-16-8-10/h6,8-9,12H,2-5,7H2,1H3. The lowest BCUT2D eigenvalue weighted by atomic mass is 9.98. The molecule has 1 atom stereocenters. The molecule has 0 radical (unpaired) electrons. The van der Waals surface area contributed by atoms with E-state index in [9.17, 15) is 14.0 Å². The number of amides is 1. The number of pyridine rings is 1. The summed E-state index contributed by atoms with van der Waals surface area (Å²) in [6, 6.07) is 0.978. The molecule has 0 aromatic carbocycles. The summed E-state index contributed by atoms with van der Waals surface area (Å²) in [5, 5.41) is 0. The Morgan fingerprint density at radius 3 is 2.95 bits per heavy atom. The molecule has 1 aliphatic heterocycles. The van der Waals surface area contributed by atoms with Crippen molar-refractivity contribution < 1.29 is 18.7 Å². The number of ether oxygens (including phenoxy) is 1. The van der Waals surface area contributed by atoms with E-state index in [-0.39, 0.29) is 29.9 Å². The molecule has 6 heteroatoms. The first kappa shape index (κ1) is 14.4. The van der Waals surface area contributed by atoms with Gasteiger partial charge in [0.15, 0.2) is 0 Å². The van der Waals surface area contributed by atoms with Crippen LogP contribution in [0.15, 0.2) is 18.5 Å². The average molecular weight is 280 g/mol. The first-order valence-corrected chi connectivity index (χ1v) is 6.60. The van der Waals surface area contributed by atoms with Gasteiger partial charge in [-0.1, -0.05) is 0 Å². The summed E-state index contributed by atoms with van der Waals surface area (Å²) in [7, 11) is 1.33. The zero-order chi connectivity index (χ0) is 14.5. The Labute approximate surface area is 116 Å². The number of methoxy groups -OCH3 is 1. The van der Waals surface area contributed by atoms with Gasteiger partial charge in [-0.2, -0.15) is 0 Å². The average Bonchev–Trinajstić information content (AvgIpc) is 2.47. The van der Waals surface area contributed by atoms with Crippen molar-refractivity contribution in [2.24, 2.45) is 0 Å². The van der Waals surface area contributed by atoms with Gasteiger partial charge in [0, 0.05) is 18.8 Å². The molecule has 2 heterocycles. The monoisotopic (exact) mass is 280 g/mol. The fraction of sp³-hybridized carbons (Fsp3) is 0.500. The third kappa shape index (κ3) is 3.31. The second-order valence-corrected chi connectivity index (χ2v) is 4.82. The first-order valence-electron chi connectivity index (χ1n) is 6.60. The van der Waals surface area contributed by atoms with E-state index in [1.54, 1.807) is 4.90 Å². The molecular weight excluding hydrogens is 263 g/mol. The molecule has 1 aromatic rings. The van der Waals surface area contributed by atoms with Crippen LogP contribution in [0, 0.1) is 5.82 Å². The van der Waals surface area contributed by atoms with Gasteiger partial charge in [-0.15, -0.1) is 0 Å². The van der Waals surface area contributed by atoms with E-state index >= 15 is 0 Å². The highest BCUT2D eigenvalue weighted by Gasteiger charge is 2.29. The van der Waals surface area contributed by atoms with Crippen molar-refractivity contribution in [1.29, 1.82) is 0 Å². The summed E-state index contributed by atoms with van der Waals surface area (Å²) in [6.45, 7) is 0.566. The summed E-state index contributed by atoms with van der Waals surface area (Å²) < 4.78 is 17.8. The van der Waals surface area contributed by atoms with E-state index in [1.165, 1.54) is 19.4 Å². The maximum atomic E-state index is 13.1. The van der Waals surface area contributed by atoms with Gasteiger partial charge in [0.05, 0.1) is 25.3 Å². The van der Waals surface area contributed by atoms with Gasteiger partial charge >= 0.3 is 5.97 Å². The summed E-state index contributed by atoms with van der Waals surface area (Å²) >= 11 is 0. The Hall–Kier alpha value is -1.98. The highest BCUT2D eigenvalue weighted by Crippen LogP contribution is 2.22. The fourth-order valence-corrected chi connectivity index (χ4v) is 2.45. The smallest absolute Gasteiger partial charge is 0.307 e. The Bertz CT molecular complexity index is 507. The Morgan fingerprint density at radius 1 is 1.45 bits per heavy atom. The van der Waals surface area contributed by atoms with Crippen LogP contribution in [0.3, 0.4) is 0 Å². The molecule has 1 aliphatic rings. The minimum absolute atomic E-state index is 0.172. The molecule has 0 N–H and O–H groups in total. The summed E-state index contributed by atoms with van der Waals surface area (Å²) in [4.78, 5) is 29.1. The number of likely N-dealkylation sites (tertiary alicyclic amines) is 1. The Kier molecular flexibility index (Phi) is 4.65. The van der Waals surface area contributed by atoms with Gasteiger partial charge in [0.1, 0.15) is 5.82 Å². The number of rotatable bonds is 3. The molecule has 0 spiro atoms. The predicted molar refractivity (Wildman–Crippen MR) is 69.5 cm³/mol. The van der Waals surface area contributed by atoms with E-state index in [4.69, 9.17) is 0 Å². The van der Waals surface area contributed by atoms with Gasteiger partial charge < -0.3 is 9.64 Å². The molecule has 108 valence electrons. The van der Waals surface area contributed by atoms with Crippen molar-refractivity contribution in [3.8, 4) is 0 Å². The van der Waals surface area contributed by atoms with Crippen LogP contribution in [0.4, 0.5) is 4.39 Å². The number of hydrogen-bond acceptors (Lipinski definition) is 4. The van der Waals surface area contributed by atoms with E-state index in [2.05, 4.69) is 9.72 Å². The molecule has 5 nitrogen and oxygen atoms in total. The summed E-state index contributed by atoms with van der Waals surface area (Å²) in [5.74, 6) is -1.17. The van der Waals surface area contributed by atoms with Crippen molar-refractivity contribution in [3.63, 3.8) is 0 Å². The quantitative estimate of drug-likeness (QED) is 0.792. The van der Waals surface area contributed by atoms with Crippen molar-refractivity contribution in [2.45, 2.75) is 31.7 Å². The first-order chi connectivity index (χ1) is 9.61. The summed E-state index contributed by atoms with van der Waals surface area (Å²) in [6.07, 6.45) is 5.17. The Morgan fingerprint density at radius 2 is 2.25 bits per heavy atom. The molecule has 1 aromatic heterocycles. The van der Waals surface area contributed by atoms with Crippen LogP contribution in [-0.4, -0.2) is 41.5 Å². The maximum absolute atomic E-state index is 13.1. The third-order valence-corrected chi connectivity index (χ3v) is 3.47. The predicted octanol–water partition coefficient (Wildman–Crippen LogP) is 1.78. The lowest BCUT2D eigenvalue weighted by molar-refractivity contribution is -0.142. The van der Waals surface area contributed by atoms with Gasteiger partial charge in [-0.3, -0.25) is 14.6 Å². The zero-order valence-electron chi connectivity index (χ0n) is 11.3. The number of aromatic nitrogens is 1. The van der Waals surface area contributed by atoms with Gasteiger partial charge in [-0.05, 0) is 25.3 Å². The third-order valence-electron chi connectivity index (χ3n) is 3.47. The maximum Gasteiger partial charge on any atom is 0.307 e. The second-order valence-electron chi connectivity index (χ2n) is 4.82. The fourth-order valence-electron chi connectivity index (χ4n) is 2.45. The van der Waals surface area contributed by atoms with Crippen LogP contribution in [-0.2, 0) is 9.53 Å². The topological polar surface area (TPSA) is 59.5 Å². The van der Waals surface area contributed by atoms with Crippen LogP contribution in [0.25, 0.3) is 0 Å². The molecule has 1 fully saturated rings. The SMILES string of the molecule is COC(=O)CC1CCCCN1C(=O)c1cncc(F)c1. The lowest BCUT2D eigenvalue weighted by Crippen LogP contribution is -2.45. The van der Waals surface area contributed by atoms with Crippen molar-refractivity contribution in [3.05, 3.63) is 29.8 Å². The molecule has 1 saturated heterocycles. The molecule has 0 saturated carbocycles. The molecule has 0 aliphatic carbocycles. The van der Waals surface area contributed by atoms with Crippen LogP contribution >= 0.6 is 0 Å². The highest BCUT2D eigenvalue weighted by molar-refractivity contribution is 5.94. The van der Waals surface area contributed by atoms with E-state index < -0.39 is 5.82 Å². The lowest BCUT2D eigenvalue weighted by Gasteiger charge is -2.35. The molecule has 1 amide bonds. The largest absolute Gasteiger partial charge is 0.469 e. The number of esters is 1.